The molecule has 0 atom stereocenters. The van der Waals surface area contributed by atoms with Crippen molar-refractivity contribution >= 4 is 40.3 Å². The van der Waals surface area contributed by atoms with Crippen LogP contribution in [0.5, 0.6) is 0 Å². The minimum absolute atomic E-state index is 0.156. The van der Waals surface area contributed by atoms with Crippen molar-refractivity contribution in [2.24, 2.45) is 5.11 Å². The minimum atomic E-state index is -0.638. The molecule has 0 saturated carbocycles. The summed E-state index contributed by atoms with van der Waals surface area (Å²) < 4.78 is 8.95. The van der Waals surface area contributed by atoms with Crippen LogP contribution in [0.2, 0.25) is 0 Å². The van der Waals surface area contributed by atoms with Gasteiger partial charge < -0.3 is 13.3 Å². The Bertz CT molecular complexity index is 805. The van der Waals surface area contributed by atoms with Crippen molar-refractivity contribution in [3.63, 3.8) is 0 Å². The van der Waals surface area contributed by atoms with E-state index in [1.54, 1.807) is 43.6 Å². The predicted octanol–water partition coefficient (Wildman–Crippen LogP) is 3.45. The van der Waals surface area contributed by atoms with Gasteiger partial charge in [0.25, 0.3) is 5.56 Å². The van der Waals surface area contributed by atoms with Crippen LogP contribution in [0.4, 0.5) is 16.2 Å². The average molecular weight is 430 g/mol. The van der Waals surface area contributed by atoms with Crippen molar-refractivity contribution < 1.29 is 9.53 Å². The first-order valence-corrected chi connectivity index (χ1v) is 7.63. The summed E-state index contributed by atoms with van der Waals surface area (Å²) in [7, 11) is 0. The van der Waals surface area contributed by atoms with Gasteiger partial charge in [-0.05, 0) is 20.8 Å². The molecule has 0 amide bonds. The highest BCUT2D eigenvalue weighted by Gasteiger charge is 2.20. The van der Waals surface area contributed by atoms with Crippen LogP contribution in [-0.4, -0.2) is 26.5 Å². The van der Waals surface area contributed by atoms with Gasteiger partial charge in [0.15, 0.2) is 0 Å². The Morgan fingerprint density at radius 2 is 2.22 bits per heavy atom. The maximum atomic E-state index is 12.0. The lowest BCUT2D eigenvalue weighted by Crippen LogP contribution is -2.27. The molecule has 0 fully saturated rings. The first kappa shape index (κ1) is 17.1. The van der Waals surface area contributed by atoms with Gasteiger partial charge in [0.05, 0.1) is 29.1 Å². The number of anilines is 1. The van der Waals surface area contributed by atoms with Crippen LogP contribution < -0.4 is 9.09 Å². The van der Waals surface area contributed by atoms with Gasteiger partial charge in [0.1, 0.15) is 17.0 Å². The van der Waals surface area contributed by atoms with E-state index in [1.807, 2.05) is 0 Å². The van der Waals surface area contributed by atoms with Crippen molar-refractivity contribution in [2.75, 3.05) is 3.53 Å². The van der Waals surface area contributed by atoms with Crippen LogP contribution in [0, 0.1) is 5.53 Å². The number of nitrogens with one attached hydrogen (secondary N) is 3. The molecule has 2 heterocycles. The zero-order chi connectivity index (χ0) is 17.2. The fraction of sp³-hybridized carbons (Fsp3) is 0.308. The molecule has 0 aliphatic rings. The minimum Gasteiger partial charge on any atom is -0.442 e. The van der Waals surface area contributed by atoms with Crippen molar-refractivity contribution in [2.45, 2.75) is 26.4 Å². The Balaban J connectivity index is 2.44. The zero-order valence-corrected chi connectivity index (χ0v) is 14.8. The predicted molar refractivity (Wildman–Crippen MR) is 92.4 cm³/mol. The third-order valence-corrected chi connectivity index (χ3v) is 3.29. The summed E-state index contributed by atoms with van der Waals surface area (Å²) in [5.41, 5.74) is 7.56. The molecule has 0 spiro atoms. The maximum Gasteiger partial charge on any atom is 0.435 e. The maximum absolute atomic E-state index is 12.0. The molecular formula is C13H15IN6O3. The van der Waals surface area contributed by atoms with E-state index in [1.165, 1.54) is 18.6 Å². The van der Waals surface area contributed by atoms with E-state index in [2.05, 4.69) is 18.7 Å². The van der Waals surface area contributed by atoms with E-state index < -0.39 is 17.3 Å². The summed E-state index contributed by atoms with van der Waals surface area (Å²) in [4.78, 5) is 26.3. The smallest absolute Gasteiger partial charge is 0.435 e. The molecule has 23 heavy (non-hydrogen) atoms. The number of ether oxygens (including phenoxy) is 1. The molecule has 0 aliphatic heterocycles. The number of nitrogens with zero attached hydrogens (tertiary/aromatic N) is 3. The number of hydrogen-bond donors (Lipinski definition) is 3. The molecule has 0 unspecified atom stereocenters. The fourth-order valence-electron chi connectivity index (χ4n) is 1.81. The third-order valence-electron chi connectivity index (χ3n) is 2.75. The number of aromatic nitrogens is 3. The number of halogens is 1. The van der Waals surface area contributed by atoms with Gasteiger partial charge in [-0.3, -0.25) is 4.79 Å². The lowest BCUT2D eigenvalue weighted by Gasteiger charge is -2.18. The van der Waals surface area contributed by atoms with Gasteiger partial charge in [-0.2, -0.15) is 14.9 Å². The van der Waals surface area contributed by atoms with Crippen molar-refractivity contribution in [3.05, 3.63) is 28.9 Å². The second kappa shape index (κ2) is 6.48. The molecule has 0 saturated heterocycles. The number of rotatable bonds is 3. The first-order chi connectivity index (χ1) is 10.8. The highest BCUT2D eigenvalue weighted by Crippen LogP contribution is 2.34. The number of H-pyrrole nitrogens is 1. The summed E-state index contributed by atoms with van der Waals surface area (Å²) in [6.07, 6.45) is 3.69. The Kier molecular flexibility index (Phi) is 4.82. The van der Waals surface area contributed by atoms with E-state index in [-0.39, 0.29) is 11.4 Å². The van der Waals surface area contributed by atoms with Crippen molar-refractivity contribution in [3.8, 4) is 11.1 Å². The second-order valence-electron chi connectivity index (χ2n) is 5.62. The Labute approximate surface area is 145 Å². The Morgan fingerprint density at radius 1 is 1.52 bits per heavy atom. The monoisotopic (exact) mass is 430 g/mol. The van der Waals surface area contributed by atoms with Gasteiger partial charge in [-0.25, -0.2) is 10.3 Å². The molecule has 0 radical (unpaired) electrons. The lowest BCUT2D eigenvalue weighted by molar-refractivity contribution is 0.0514. The normalized spacial score (nSPS) is 11.1. The molecule has 10 heteroatoms. The number of carbonyl (C=O) groups excluding carboxylic acids is 1. The van der Waals surface area contributed by atoms with Crippen molar-refractivity contribution in [1.29, 1.82) is 5.53 Å². The number of hydrogen-bond acceptors (Lipinski definition) is 7. The first-order valence-electron chi connectivity index (χ1n) is 6.55. The Morgan fingerprint density at radius 3 is 2.78 bits per heavy atom. The van der Waals surface area contributed by atoms with Crippen LogP contribution in [0.25, 0.3) is 11.1 Å². The van der Waals surface area contributed by atoms with Gasteiger partial charge >= 0.3 is 6.09 Å². The van der Waals surface area contributed by atoms with E-state index in [0.29, 0.717) is 11.1 Å². The zero-order valence-electron chi connectivity index (χ0n) is 12.7. The molecule has 2 aromatic rings. The summed E-state index contributed by atoms with van der Waals surface area (Å²) >= 11 is 1.79. The quantitative estimate of drug-likeness (QED) is 0.391. The Hall–Kier alpha value is -2.24. The number of pyridine rings is 1. The van der Waals surface area contributed by atoms with E-state index in [9.17, 15) is 9.59 Å². The van der Waals surface area contributed by atoms with Crippen LogP contribution in [0.15, 0.2) is 28.5 Å². The van der Waals surface area contributed by atoms with E-state index in [0.717, 1.165) is 4.68 Å². The van der Waals surface area contributed by atoms with E-state index in [4.69, 9.17) is 10.3 Å². The second-order valence-corrected chi connectivity index (χ2v) is 6.15. The largest absolute Gasteiger partial charge is 0.442 e. The lowest BCUT2D eigenvalue weighted by atomic mass is 10.1. The standard InChI is InChI=1S/C13H15IN6O3/c1-13(2,3)23-12(22)20-6-7(4-17-20)8-5-16-11(21)10(18-14)9(8)19-15/h4-6,15,18H,1-3H3,(H,16,21). The topological polar surface area (TPSA) is 125 Å². The summed E-state index contributed by atoms with van der Waals surface area (Å²) in [6, 6.07) is 0. The third kappa shape index (κ3) is 3.75. The van der Waals surface area contributed by atoms with Gasteiger partial charge in [0, 0.05) is 23.5 Å². The van der Waals surface area contributed by atoms with Crippen molar-refractivity contribution in [1.82, 2.24) is 14.8 Å². The van der Waals surface area contributed by atoms with Crippen LogP contribution in [0.1, 0.15) is 20.8 Å². The summed E-state index contributed by atoms with van der Waals surface area (Å²) in [5, 5.41) is 7.36. The van der Waals surface area contributed by atoms with Gasteiger partial charge in [0.2, 0.25) is 0 Å². The summed E-state index contributed by atoms with van der Waals surface area (Å²) in [5.74, 6) is 0. The molecule has 0 aliphatic carbocycles. The molecular weight excluding hydrogens is 415 g/mol. The summed E-state index contributed by atoms with van der Waals surface area (Å²) in [6.45, 7) is 5.27. The highest BCUT2D eigenvalue weighted by molar-refractivity contribution is 14.1. The van der Waals surface area contributed by atoms with Crippen LogP contribution in [0.3, 0.4) is 0 Å². The molecule has 3 N–H and O–H groups in total. The molecule has 0 aromatic carbocycles. The molecule has 9 nitrogen and oxygen atoms in total. The molecule has 0 bridgehead atoms. The highest BCUT2D eigenvalue weighted by atomic mass is 127. The molecule has 2 rings (SSSR count). The fourth-order valence-corrected chi connectivity index (χ4v) is 2.32. The van der Waals surface area contributed by atoms with Gasteiger partial charge in [-0.15, -0.1) is 0 Å². The van der Waals surface area contributed by atoms with Crippen LogP contribution >= 0.6 is 22.9 Å². The SMILES string of the molecule is CC(C)(C)OC(=O)n1cc(-c2c[nH]c(=O)c(NI)c2N=N)cn1. The average Bonchev–Trinajstić information content (AvgIpc) is 2.94. The number of carbonyl (C=O) groups is 1. The van der Waals surface area contributed by atoms with Gasteiger partial charge in [-0.1, -0.05) is 0 Å². The molecule has 122 valence electrons. The van der Waals surface area contributed by atoms with E-state index >= 15 is 0 Å². The molecule has 2 aromatic heterocycles. The number of aromatic amines is 1. The van der Waals surface area contributed by atoms with Crippen LogP contribution in [-0.2, 0) is 4.74 Å².